The molecule has 7 unspecified atom stereocenters. The smallest absolute Gasteiger partial charge is 0.220 e. The standard InChI is InChI=1S/C57H103NO8/c1-3-5-7-9-11-13-15-17-19-21-23-25-26-27-29-31-33-35-37-39-41-43-45-47-53(61)58-50(49-65-57-56(64)55(63)54(62)52(48-59)66-57)51(60)46-44-42-40-38-36-34-32-30-28-24-22-20-18-16-14-12-10-8-6-4-2/h15,17,21,23,26-27,36,38,44,46,50-52,54-57,59-60,62-64H,3-14,16,18-20,22,24-25,28-35,37,39-43,45,47-49H2,1-2H3,(H,58,61)/b17-15-,23-21-,27-26-,38-36+,46-44+. The van der Waals surface area contributed by atoms with Crippen molar-refractivity contribution in [2.24, 2.45) is 0 Å². The van der Waals surface area contributed by atoms with Crippen LogP contribution in [0.5, 0.6) is 0 Å². The molecule has 0 aromatic heterocycles. The van der Waals surface area contributed by atoms with Crippen LogP contribution in [0, 0.1) is 0 Å². The highest BCUT2D eigenvalue weighted by Crippen LogP contribution is 2.23. The number of allylic oxidation sites excluding steroid dienone is 9. The summed E-state index contributed by atoms with van der Waals surface area (Å²) >= 11 is 0. The first-order valence-electron chi connectivity index (χ1n) is 27.5. The molecule has 1 aliphatic heterocycles. The van der Waals surface area contributed by atoms with E-state index in [1.54, 1.807) is 6.08 Å². The number of aliphatic hydroxyl groups is 5. The molecular weight excluding hydrogens is 827 g/mol. The summed E-state index contributed by atoms with van der Waals surface area (Å²) in [5.74, 6) is -0.194. The summed E-state index contributed by atoms with van der Waals surface area (Å²) in [6.45, 7) is 3.76. The van der Waals surface area contributed by atoms with Crippen LogP contribution in [0.1, 0.15) is 239 Å². The predicted octanol–water partition coefficient (Wildman–Crippen LogP) is 13.1. The van der Waals surface area contributed by atoms with Gasteiger partial charge in [-0.2, -0.15) is 0 Å². The van der Waals surface area contributed by atoms with Crippen LogP contribution >= 0.6 is 0 Å². The van der Waals surface area contributed by atoms with E-state index < -0.39 is 49.5 Å². The first-order valence-corrected chi connectivity index (χ1v) is 27.5. The van der Waals surface area contributed by atoms with E-state index in [2.05, 4.69) is 67.8 Å². The fourth-order valence-corrected chi connectivity index (χ4v) is 8.41. The molecule has 9 nitrogen and oxygen atoms in total. The molecule has 1 aliphatic rings. The van der Waals surface area contributed by atoms with Crippen LogP contribution in [0.3, 0.4) is 0 Å². The van der Waals surface area contributed by atoms with Crippen LogP contribution in [0.15, 0.2) is 60.8 Å². The SMILES string of the molecule is CCCCCCC/C=C\C/C=C\C/C=C\CCCCCCCCCCC(=O)NC(COC1OC(CO)C(O)C(O)C1O)C(O)/C=C/CC/C=C/CCCCCCCCCCCCCCCC. The highest BCUT2D eigenvalue weighted by Gasteiger charge is 2.44. The van der Waals surface area contributed by atoms with Crippen LogP contribution in [0.2, 0.25) is 0 Å². The van der Waals surface area contributed by atoms with E-state index in [-0.39, 0.29) is 12.5 Å². The van der Waals surface area contributed by atoms with Crippen LogP contribution in [-0.4, -0.2) is 87.5 Å². The van der Waals surface area contributed by atoms with Gasteiger partial charge in [0.2, 0.25) is 5.91 Å². The van der Waals surface area contributed by atoms with E-state index in [1.807, 2.05) is 6.08 Å². The molecule has 0 radical (unpaired) electrons. The number of hydrogen-bond acceptors (Lipinski definition) is 8. The quantitative estimate of drug-likeness (QED) is 0.0261. The lowest BCUT2D eigenvalue weighted by molar-refractivity contribution is -0.302. The van der Waals surface area contributed by atoms with Gasteiger partial charge >= 0.3 is 0 Å². The van der Waals surface area contributed by atoms with Gasteiger partial charge in [0.1, 0.15) is 24.4 Å². The van der Waals surface area contributed by atoms with Gasteiger partial charge in [-0.05, 0) is 70.6 Å². The first-order chi connectivity index (χ1) is 32.3. The van der Waals surface area contributed by atoms with Crippen molar-refractivity contribution in [2.75, 3.05) is 13.2 Å². The van der Waals surface area contributed by atoms with Gasteiger partial charge in [0.05, 0.1) is 25.4 Å². The van der Waals surface area contributed by atoms with E-state index in [0.717, 1.165) is 64.2 Å². The Hall–Kier alpha value is -2.11. The molecule has 1 fully saturated rings. The summed E-state index contributed by atoms with van der Waals surface area (Å²) in [6, 6.07) is -0.828. The van der Waals surface area contributed by atoms with Gasteiger partial charge in [-0.15, -0.1) is 0 Å². The van der Waals surface area contributed by atoms with E-state index in [1.165, 1.54) is 154 Å². The summed E-state index contributed by atoms with van der Waals surface area (Å²) in [5.41, 5.74) is 0. The Kier molecular flexibility index (Phi) is 43.7. The maximum absolute atomic E-state index is 13.0. The second kappa shape index (κ2) is 46.6. The summed E-state index contributed by atoms with van der Waals surface area (Å²) in [7, 11) is 0. The molecule has 0 aromatic carbocycles. The minimum atomic E-state index is -1.58. The van der Waals surface area contributed by atoms with Crippen LogP contribution < -0.4 is 5.32 Å². The third kappa shape index (κ3) is 36.0. The number of aliphatic hydroxyl groups excluding tert-OH is 5. The number of unbranched alkanes of at least 4 members (excludes halogenated alkanes) is 28. The highest BCUT2D eigenvalue weighted by molar-refractivity contribution is 5.76. The molecule has 9 heteroatoms. The molecule has 1 amide bonds. The second-order valence-electron chi connectivity index (χ2n) is 19.0. The van der Waals surface area contributed by atoms with Crippen molar-refractivity contribution in [2.45, 2.75) is 281 Å². The number of carbonyl (C=O) groups excluding carboxylic acids is 1. The fraction of sp³-hybridized carbons (Fsp3) is 0.807. The van der Waals surface area contributed by atoms with E-state index in [9.17, 15) is 30.3 Å². The van der Waals surface area contributed by atoms with Gasteiger partial charge in [0, 0.05) is 6.42 Å². The number of rotatable bonds is 46. The fourth-order valence-electron chi connectivity index (χ4n) is 8.41. The molecule has 6 N–H and O–H groups in total. The average molecular weight is 930 g/mol. The zero-order valence-electron chi connectivity index (χ0n) is 42.4. The lowest BCUT2D eigenvalue weighted by atomic mass is 9.99. The number of hydrogen-bond donors (Lipinski definition) is 6. The lowest BCUT2D eigenvalue weighted by Gasteiger charge is -2.40. The molecule has 0 aliphatic carbocycles. The maximum Gasteiger partial charge on any atom is 0.220 e. The average Bonchev–Trinajstić information content (AvgIpc) is 3.32. The Morgan fingerprint density at radius 3 is 1.38 bits per heavy atom. The van der Waals surface area contributed by atoms with Crippen molar-refractivity contribution < 1.29 is 39.8 Å². The Labute approximate surface area is 405 Å². The largest absolute Gasteiger partial charge is 0.394 e. The van der Waals surface area contributed by atoms with Gasteiger partial charge in [0.15, 0.2) is 6.29 Å². The Morgan fingerprint density at radius 2 is 0.909 bits per heavy atom. The van der Waals surface area contributed by atoms with Crippen molar-refractivity contribution in [3.63, 3.8) is 0 Å². The Bertz CT molecular complexity index is 1220. The van der Waals surface area contributed by atoms with Gasteiger partial charge in [-0.25, -0.2) is 0 Å². The molecule has 0 bridgehead atoms. The molecule has 0 aromatic rings. The van der Waals surface area contributed by atoms with Gasteiger partial charge in [0.25, 0.3) is 0 Å². The predicted molar refractivity (Wildman–Crippen MR) is 276 cm³/mol. The molecule has 7 atom stereocenters. The number of ether oxygens (including phenoxy) is 2. The third-order valence-electron chi connectivity index (χ3n) is 12.8. The van der Waals surface area contributed by atoms with Crippen molar-refractivity contribution in [1.29, 1.82) is 0 Å². The minimum absolute atomic E-state index is 0.194. The number of nitrogens with one attached hydrogen (secondary N) is 1. The topological polar surface area (TPSA) is 149 Å². The molecule has 66 heavy (non-hydrogen) atoms. The number of amides is 1. The van der Waals surface area contributed by atoms with Crippen LogP contribution in [0.4, 0.5) is 0 Å². The normalized spacial score (nSPS) is 20.3. The first kappa shape index (κ1) is 61.9. The zero-order chi connectivity index (χ0) is 48.0. The van der Waals surface area contributed by atoms with Crippen molar-refractivity contribution in [3.05, 3.63) is 60.8 Å². The molecular formula is C57H103NO8. The maximum atomic E-state index is 13.0. The number of carbonyl (C=O) groups is 1. The molecule has 0 spiro atoms. The molecule has 1 heterocycles. The van der Waals surface area contributed by atoms with Crippen LogP contribution in [-0.2, 0) is 14.3 Å². The second-order valence-corrected chi connectivity index (χ2v) is 19.0. The lowest BCUT2D eigenvalue weighted by Crippen LogP contribution is -2.60. The summed E-state index contributed by atoms with van der Waals surface area (Å²) in [6.07, 6.45) is 55.6. The zero-order valence-corrected chi connectivity index (χ0v) is 42.4. The van der Waals surface area contributed by atoms with Gasteiger partial charge in [-0.3, -0.25) is 4.79 Å². The van der Waals surface area contributed by atoms with Gasteiger partial charge in [-0.1, -0.05) is 222 Å². The third-order valence-corrected chi connectivity index (χ3v) is 12.8. The molecule has 1 saturated heterocycles. The van der Waals surface area contributed by atoms with E-state index in [0.29, 0.717) is 6.42 Å². The van der Waals surface area contributed by atoms with Crippen molar-refractivity contribution in [3.8, 4) is 0 Å². The van der Waals surface area contributed by atoms with Crippen molar-refractivity contribution in [1.82, 2.24) is 5.32 Å². The van der Waals surface area contributed by atoms with Crippen molar-refractivity contribution >= 4 is 5.91 Å². The monoisotopic (exact) mass is 930 g/mol. The summed E-state index contributed by atoms with van der Waals surface area (Å²) in [4.78, 5) is 13.0. The highest BCUT2D eigenvalue weighted by atomic mass is 16.7. The Morgan fingerprint density at radius 1 is 0.515 bits per heavy atom. The van der Waals surface area contributed by atoms with E-state index >= 15 is 0 Å². The molecule has 1 rings (SSSR count). The molecule has 384 valence electrons. The summed E-state index contributed by atoms with van der Waals surface area (Å²) in [5, 5.41) is 54.4. The van der Waals surface area contributed by atoms with Gasteiger partial charge < -0.3 is 40.3 Å². The molecule has 0 saturated carbocycles. The Balaban J connectivity index is 2.30. The summed E-state index contributed by atoms with van der Waals surface area (Å²) < 4.78 is 11.2. The minimum Gasteiger partial charge on any atom is -0.394 e. The van der Waals surface area contributed by atoms with Crippen LogP contribution in [0.25, 0.3) is 0 Å². The van der Waals surface area contributed by atoms with E-state index in [4.69, 9.17) is 9.47 Å².